The highest BCUT2D eigenvalue weighted by atomic mass is 16.3. The van der Waals surface area contributed by atoms with Crippen LogP contribution in [0.2, 0.25) is 0 Å². The molecule has 0 unspecified atom stereocenters. The fourth-order valence-corrected chi connectivity index (χ4v) is 6.27. The number of para-hydroxylation sites is 3. The first kappa shape index (κ1) is 26.7. The van der Waals surface area contributed by atoms with Crippen LogP contribution in [0.25, 0.3) is 60.9 Å². The molecule has 2 aromatic heterocycles. The molecule has 0 fully saturated rings. The number of anilines is 2. The zero-order valence-corrected chi connectivity index (χ0v) is 24.9. The number of hydrogen-bond acceptors (Lipinski definition) is 3. The molecular weight excluding hydrogens is 548 g/mol. The monoisotopic (exact) mass is 578 g/mol. The van der Waals surface area contributed by atoms with Gasteiger partial charge in [0.1, 0.15) is 11.3 Å². The van der Waals surface area contributed by atoms with E-state index in [9.17, 15) is 0 Å². The minimum Gasteiger partial charge on any atom is -0.454 e. The second-order valence-corrected chi connectivity index (χ2v) is 11.3. The van der Waals surface area contributed by atoms with Gasteiger partial charge in [-0.05, 0) is 59.5 Å². The van der Waals surface area contributed by atoms with Crippen LogP contribution in [0.15, 0.2) is 163 Å². The van der Waals surface area contributed by atoms with E-state index in [1.165, 1.54) is 5.56 Å². The summed E-state index contributed by atoms with van der Waals surface area (Å²) in [6.45, 7) is 6.64. The van der Waals surface area contributed by atoms with Gasteiger partial charge < -0.3 is 9.32 Å². The number of aryl methyl sites for hydroxylation is 1. The van der Waals surface area contributed by atoms with Crippen LogP contribution in [0.1, 0.15) is 11.1 Å². The summed E-state index contributed by atoms with van der Waals surface area (Å²) in [4.78, 5) is 7.31. The molecule has 0 saturated heterocycles. The van der Waals surface area contributed by atoms with Gasteiger partial charge in [0.25, 0.3) is 0 Å². The second-order valence-electron chi connectivity index (χ2n) is 11.3. The first-order valence-corrected chi connectivity index (χ1v) is 15.2. The Labute approximate surface area is 262 Å². The summed E-state index contributed by atoms with van der Waals surface area (Å²) in [6, 6.07) is 52.6. The molecule has 0 saturated carbocycles. The fraction of sp³-hybridized carbons (Fsp3) is 0.0238. The number of fused-ring (bicyclic) bond motifs is 5. The Balaban J connectivity index is 1.16. The summed E-state index contributed by atoms with van der Waals surface area (Å²) in [5.74, 6) is 0. The first-order chi connectivity index (χ1) is 22.2. The Kier molecular flexibility index (Phi) is 6.50. The van der Waals surface area contributed by atoms with E-state index in [4.69, 9.17) is 9.40 Å². The van der Waals surface area contributed by atoms with E-state index < -0.39 is 0 Å². The zero-order valence-electron chi connectivity index (χ0n) is 24.9. The Hall–Kier alpha value is -5.93. The minimum absolute atomic E-state index is 0.821. The van der Waals surface area contributed by atoms with Gasteiger partial charge in [-0.15, -0.1) is 0 Å². The molecule has 3 nitrogen and oxygen atoms in total. The van der Waals surface area contributed by atoms with Crippen molar-refractivity contribution in [3.05, 3.63) is 169 Å². The van der Waals surface area contributed by atoms with Gasteiger partial charge >= 0.3 is 0 Å². The average Bonchev–Trinajstić information content (AvgIpc) is 3.50. The molecule has 45 heavy (non-hydrogen) atoms. The highest BCUT2D eigenvalue weighted by molar-refractivity contribution is 6.20. The molecule has 6 aromatic carbocycles. The van der Waals surface area contributed by atoms with Crippen LogP contribution >= 0.6 is 0 Å². The standard InChI is InChI=1S/C42H30N2O/c1-28-12-6-10-18-38(28)44(29(2)30-13-4-3-5-14-30)34-26-24-32(25-27-34)31-20-22-33(23-21-31)41-42-40(35-15-7-9-17-37(35)43-41)36-16-8-11-19-39(36)45-42/h3-27H,2H2,1H3. The van der Waals surface area contributed by atoms with Gasteiger partial charge in [-0.25, -0.2) is 4.98 Å². The van der Waals surface area contributed by atoms with Crippen molar-refractivity contribution in [2.75, 3.05) is 4.90 Å². The van der Waals surface area contributed by atoms with E-state index in [1.807, 2.05) is 24.3 Å². The second kappa shape index (κ2) is 11.0. The Morgan fingerprint density at radius 3 is 1.96 bits per heavy atom. The topological polar surface area (TPSA) is 29.3 Å². The first-order valence-electron chi connectivity index (χ1n) is 15.2. The summed E-state index contributed by atoms with van der Waals surface area (Å²) >= 11 is 0. The number of rotatable bonds is 6. The molecule has 214 valence electrons. The maximum atomic E-state index is 6.42. The molecule has 0 aliphatic carbocycles. The van der Waals surface area contributed by atoms with Gasteiger partial charge in [0, 0.05) is 38.8 Å². The van der Waals surface area contributed by atoms with Crippen molar-refractivity contribution in [1.29, 1.82) is 0 Å². The molecule has 0 radical (unpaired) electrons. The molecule has 0 aliphatic heterocycles. The van der Waals surface area contributed by atoms with Crippen molar-refractivity contribution >= 4 is 49.9 Å². The smallest absolute Gasteiger partial charge is 0.162 e. The lowest BCUT2D eigenvalue weighted by atomic mass is 10.00. The lowest BCUT2D eigenvalue weighted by Gasteiger charge is -2.29. The SMILES string of the molecule is C=C(c1ccccc1)N(c1ccc(-c2ccc(-c3nc4ccccc4c4c3oc3ccccc34)cc2)cc1)c1ccccc1C. The largest absolute Gasteiger partial charge is 0.454 e. The summed E-state index contributed by atoms with van der Waals surface area (Å²) < 4.78 is 6.42. The highest BCUT2D eigenvalue weighted by Gasteiger charge is 2.19. The number of pyridine rings is 1. The Bertz CT molecular complexity index is 2330. The van der Waals surface area contributed by atoms with Crippen LogP contribution in [0.5, 0.6) is 0 Å². The van der Waals surface area contributed by atoms with Gasteiger partial charge in [-0.1, -0.05) is 128 Å². The minimum atomic E-state index is 0.821. The van der Waals surface area contributed by atoms with Crippen LogP contribution < -0.4 is 4.90 Å². The summed E-state index contributed by atoms with van der Waals surface area (Å²) in [5, 5.41) is 3.33. The highest BCUT2D eigenvalue weighted by Crippen LogP contribution is 2.40. The van der Waals surface area contributed by atoms with Crippen molar-refractivity contribution in [3.63, 3.8) is 0 Å². The molecule has 0 atom stereocenters. The van der Waals surface area contributed by atoms with Gasteiger partial charge in [0.2, 0.25) is 0 Å². The van der Waals surface area contributed by atoms with E-state index in [1.54, 1.807) is 0 Å². The third kappa shape index (κ3) is 4.66. The van der Waals surface area contributed by atoms with Crippen LogP contribution in [-0.2, 0) is 0 Å². The van der Waals surface area contributed by atoms with Crippen molar-refractivity contribution in [2.45, 2.75) is 6.92 Å². The third-order valence-corrected chi connectivity index (χ3v) is 8.57. The number of nitrogens with zero attached hydrogens (tertiary/aromatic N) is 2. The van der Waals surface area contributed by atoms with Crippen LogP contribution in [-0.4, -0.2) is 4.98 Å². The van der Waals surface area contributed by atoms with Crippen molar-refractivity contribution in [2.24, 2.45) is 0 Å². The normalized spacial score (nSPS) is 11.3. The van der Waals surface area contributed by atoms with Crippen LogP contribution in [0.4, 0.5) is 11.4 Å². The maximum Gasteiger partial charge on any atom is 0.162 e. The van der Waals surface area contributed by atoms with E-state index in [0.717, 1.165) is 77.9 Å². The molecule has 8 aromatic rings. The Morgan fingerprint density at radius 1 is 0.600 bits per heavy atom. The van der Waals surface area contributed by atoms with Gasteiger partial charge in [-0.3, -0.25) is 0 Å². The van der Waals surface area contributed by atoms with Gasteiger partial charge in [-0.2, -0.15) is 0 Å². The van der Waals surface area contributed by atoms with Gasteiger partial charge in [0.05, 0.1) is 5.52 Å². The molecule has 0 amide bonds. The van der Waals surface area contributed by atoms with Gasteiger partial charge in [0.15, 0.2) is 5.58 Å². The molecular formula is C42H30N2O. The zero-order chi connectivity index (χ0) is 30.3. The number of aromatic nitrogens is 1. The maximum absolute atomic E-state index is 6.42. The third-order valence-electron chi connectivity index (χ3n) is 8.57. The molecule has 0 N–H and O–H groups in total. The predicted octanol–water partition coefficient (Wildman–Crippen LogP) is 11.6. The molecule has 0 aliphatic rings. The molecule has 2 heterocycles. The average molecular weight is 579 g/mol. The molecule has 3 heteroatoms. The van der Waals surface area contributed by atoms with E-state index in [-0.39, 0.29) is 0 Å². The Morgan fingerprint density at radius 2 is 1.20 bits per heavy atom. The van der Waals surface area contributed by atoms with Crippen LogP contribution in [0.3, 0.4) is 0 Å². The van der Waals surface area contributed by atoms with Crippen molar-refractivity contribution in [3.8, 4) is 22.4 Å². The molecule has 8 rings (SSSR count). The van der Waals surface area contributed by atoms with E-state index in [0.29, 0.717) is 0 Å². The quantitative estimate of drug-likeness (QED) is 0.196. The molecule has 0 spiro atoms. The van der Waals surface area contributed by atoms with Crippen molar-refractivity contribution in [1.82, 2.24) is 4.98 Å². The lowest BCUT2D eigenvalue weighted by molar-refractivity contribution is 0.669. The molecule has 0 bridgehead atoms. The van der Waals surface area contributed by atoms with E-state index in [2.05, 4.69) is 146 Å². The summed E-state index contributed by atoms with van der Waals surface area (Å²) in [5.41, 5.74) is 12.2. The lowest BCUT2D eigenvalue weighted by Crippen LogP contribution is -2.15. The number of hydrogen-bond donors (Lipinski definition) is 0. The van der Waals surface area contributed by atoms with Crippen LogP contribution in [0, 0.1) is 6.92 Å². The predicted molar refractivity (Wildman–Crippen MR) is 189 cm³/mol. The fourth-order valence-electron chi connectivity index (χ4n) is 6.27. The number of benzene rings is 6. The van der Waals surface area contributed by atoms with E-state index >= 15 is 0 Å². The number of furan rings is 1. The summed E-state index contributed by atoms with van der Waals surface area (Å²) in [6.07, 6.45) is 0. The summed E-state index contributed by atoms with van der Waals surface area (Å²) in [7, 11) is 0. The van der Waals surface area contributed by atoms with Crippen molar-refractivity contribution < 1.29 is 4.42 Å².